The van der Waals surface area contributed by atoms with Gasteiger partial charge >= 0.3 is 0 Å². The van der Waals surface area contributed by atoms with E-state index in [4.69, 9.17) is 0 Å². The Bertz CT molecular complexity index is 131. The van der Waals surface area contributed by atoms with E-state index in [9.17, 15) is 5.11 Å². The Labute approximate surface area is 75.4 Å². The highest BCUT2D eigenvalue weighted by molar-refractivity contribution is 4.84. The molecule has 72 valence electrons. The van der Waals surface area contributed by atoms with Crippen LogP contribution >= 0.6 is 0 Å². The highest BCUT2D eigenvalue weighted by Crippen LogP contribution is 2.32. The van der Waals surface area contributed by atoms with Crippen LogP contribution in [0.5, 0.6) is 0 Å². The Hall–Kier alpha value is -0.0800. The van der Waals surface area contributed by atoms with E-state index in [-0.39, 0.29) is 0 Å². The van der Waals surface area contributed by atoms with Crippen LogP contribution in [0.3, 0.4) is 0 Å². The van der Waals surface area contributed by atoms with Gasteiger partial charge in [-0.05, 0) is 52.5 Å². The molecule has 0 aromatic carbocycles. The molecule has 0 aromatic heterocycles. The fourth-order valence-electron chi connectivity index (χ4n) is 2.09. The van der Waals surface area contributed by atoms with Gasteiger partial charge in [-0.1, -0.05) is 0 Å². The highest BCUT2D eigenvalue weighted by atomic mass is 16.3. The van der Waals surface area contributed by atoms with Gasteiger partial charge in [0.25, 0.3) is 0 Å². The SMILES string of the molecule is CN[C@H]1CC[C@H](C(C)(C)O)CC1. The summed E-state index contributed by atoms with van der Waals surface area (Å²) >= 11 is 0. The number of hydrogen-bond donors (Lipinski definition) is 2. The Morgan fingerprint density at radius 1 is 1.17 bits per heavy atom. The Balaban J connectivity index is 2.36. The van der Waals surface area contributed by atoms with Gasteiger partial charge in [0.2, 0.25) is 0 Å². The van der Waals surface area contributed by atoms with Crippen LogP contribution in [-0.4, -0.2) is 23.8 Å². The Kier molecular flexibility index (Phi) is 3.13. The minimum absolute atomic E-state index is 0.474. The Morgan fingerprint density at radius 2 is 1.67 bits per heavy atom. The van der Waals surface area contributed by atoms with E-state index in [1.807, 2.05) is 20.9 Å². The van der Waals surface area contributed by atoms with Gasteiger partial charge in [-0.2, -0.15) is 0 Å². The third-order valence-corrected chi connectivity index (χ3v) is 3.13. The average Bonchev–Trinajstić information content (AvgIpc) is 2.03. The van der Waals surface area contributed by atoms with Gasteiger partial charge in [-0.15, -0.1) is 0 Å². The van der Waals surface area contributed by atoms with Crippen molar-refractivity contribution in [3.8, 4) is 0 Å². The first-order valence-electron chi connectivity index (χ1n) is 4.93. The van der Waals surface area contributed by atoms with E-state index >= 15 is 0 Å². The molecule has 2 heteroatoms. The normalized spacial score (nSPS) is 32.0. The molecule has 0 heterocycles. The van der Waals surface area contributed by atoms with Crippen molar-refractivity contribution in [1.82, 2.24) is 5.32 Å². The molecule has 1 aliphatic rings. The third kappa shape index (κ3) is 2.46. The van der Waals surface area contributed by atoms with Crippen molar-refractivity contribution in [3.63, 3.8) is 0 Å². The zero-order valence-electron chi connectivity index (χ0n) is 8.43. The second-order valence-corrected chi connectivity index (χ2v) is 4.49. The Morgan fingerprint density at radius 3 is 2.00 bits per heavy atom. The van der Waals surface area contributed by atoms with Gasteiger partial charge in [-0.3, -0.25) is 0 Å². The van der Waals surface area contributed by atoms with Crippen molar-refractivity contribution in [2.45, 2.75) is 51.2 Å². The van der Waals surface area contributed by atoms with Gasteiger partial charge in [0, 0.05) is 6.04 Å². The summed E-state index contributed by atoms with van der Waals surface area (Å²) in [5, 5.41) is 13.1. The van der Waals surface area contributed by atoms with E-state index in [0.29, 0.717) is 12.0 Å². The first kappa shape index (κ1) is 10.0. The minimum atomic E-state index is -0.474. The second-order valence-electron chi connectivity index (χ2n) is 4.49. The van der Waals surface area contributed by atoms with Crippen molar-refractivity contribution in [2.75, 3.05) is 7.05 Å². The molecule has 2 nitrogen and oxygen atoms in total. The predicted octanol–water partition coefficient (Wildman–Crippen LogP) is 1.54. The van der Waals surface area contributed by atoms with Crippen LogP contribution < -0.4 is 5.32 Å². The van der Waals surface area contributed by atoms with Crippen molar-refractivity contribution < 1.29 is 5.11 Å². The summed E-state index contributed by atoms with van der Waals surface area (Å²) in [6.07, 6.45) is 4.75. The maximum absolute atomic E-state index is 9.78. The lowest BCUT2D eigenvalue weighted by molar-refractivity contribution is -0.00250. The summed E-state index contributed by atoms with van der Waals surface area (Å²) in [6.45, 7) is 3.86. The molecule has 1 rings (SSSR count). The van der Waals surface area contributed by atoms with Crippen LogP contribution in [0.15, 0.2) is 0 Å². The summed E-state index contributed by atoms with van der Waals surface area (Å²) in [5.74, 6) is 0.502. The summed E-state index contributed by atoms with van der Waals surface area (Å²) in [4.78, 5) is 0. The van der Waals surface area contributed by atoms with Crippen LogP contribution in [-0.2, 0) is 0 Å². The monoisotopic (exact) mass is 171 g/mol. The van der Waals surface area contributed by atoms with Crippen LogP contribution in [0.4, 0.5) is 0 Å². The molecule has 0 amide bonds. The van der Waals surface area contributed by atoms with E-state index in [1.165, 1.54) is 12.8 Å². The average molecular weight is 171 g/mol. The zero-order valence-corrected chi connectivity index (χ0v) is 8.43. The molecule has 0 bridgehead atoms. The fourth-order valence-corrected chi connectivity index (χ4v) is 2.09. The molecule has 1 saturated carbocycles. The van der Waals surface area contributed by atoms with Crippen molar-refractivity contribution in [2.24, 2.45) is 5.92 Å². The predicted molar refractivity (Wildman–Crippen MR) is 51.1 cm³/mol. The molecule has 0 unspecified atom stereocenters. The first-order valence-corrected chi connectivity index (χ1v) is 4.93. The van der Waals surface area contributed by atoms with Gasteiger partial charge in [-0.25, -0.2) is 0 Å². The molecule has 0 atom stereocenters. The van der Waals surface area contributed by atoms with E-state index in [2.05, 4.69) is 5.32 Å². The third-order valence-electron chi connectivity index (χ3n) is 3.13. The lowest BCUT2D eigenvalue weighted by Gasteiger charge is -2.35. The molecular formula is C10H21NO. The van der Waals surface area contributed by atoms with E-state index in [1.54, 1.807) is 0 Å². The molecule has 0 spiro atoms. The number of nitrogens with one attached hydrogen (secondary N) is 1. The van der Waals surface area contributed by atoms with Crippen LogP contribution in [0, 0.1) is 5.92 Å². The van der Waals surface area contributed by atoms with Gasteiger partial charge < -0.3 is 10.4 Å². The number of aliphatic hydroxyl groups is 1. The van der Waals surface area contributed by atoms with Crippen LogP contribution in [0.1, 0.15) is 39.5 Å². The maximum Gasteiger partial charge on any atom is 0.0619 e. The number of hydrogen-bond acceptors (Lipinski definition) is 2. The molecule has 12 heavy (non-hydrogen) atoms. The van der Waals surface area contributed by atoms with Gasteiger partial charge in [0.15, 0.2) is 0 Å². The molecule has 0 aliphatic heterocycles. The standard InChI is InChI=1S/C10H21NO/c1-10(2,12)8-4-6-9(11-3)7-5-8/h8-9,11-12H,4-7H2,1-3H3/t8-,9-. The van der Waals surface area contributed by atoms with Crippen molar-refractivity contribution in [1.29, 1.82) is 0 Å². The zero-order chi connectivity index (χ0) is 9.19. The summed E-state index contributed by atoms with van der Waals surface area (Å²) in [7, 11) is 2.02. The van der Waals surface area contributed by atoms with Gasteiger partial charge in [0.1, 0.15) is 0 Å². The molecule has 0 aromatic rings. The van der Waals surface area contributed by atoms with E-state index in [0.717, 1.165) is 12.8 Å². The fraction of sp³-hybridized carbons (Fsp3) is 1.00. The minimum Gasteiger partial charge on any atom is -0.390 e. The first-order chi connectivity index (χ1) is 5.54. The molecular weight excluding hydrogens is 150 g/mol. The second kappa shape index (κ2) is 3.75. The number of rotatable bonds is 2. The van der Waals surface area contributed by atoms with E-state index < -0.39 is 5.60 Å². The van der Waals surface area contributed by atoms with Crippen LogP contribution in [0.25, 0.3) is 0 Å². The lowest BCUT2D eigenvalue weighted by Crippen LogP contribution is -2.38. The summed E-state index contributed by atoms with van der Waals surface area (Å²) in [6, 6.07) is 0.684. The maximum atomic E-state index is 9.78. The van der Waals surface area contributed by atoms with Gasteiger partial charge in [0.05, 0.1) is 5.60 Å². The molecule has 0 radical (unpaired) electrons. The molecule has 1 fully saturated rings. The smallest absolute Gasteiger partial charge is 0.0619 e. The largest absolute Gasteiger partial charge is 0.390 e. The highest BCUT2D eigenvalue weighted by Gasteiger charge is 2.30. The summed E-state index contributed by atoms with van der Waals surface area (Å²) in [5.41, 5.74) is -0.474. The molecule has 2 N–H and O–H groups in total. The quantitative estimate of drug-likeness (QED) is 0.660. The van der Waals surface area contributed by atoms with Crippen molar-refractivity contribution >= 4 is 0 Å². The molecule has 0 saturated heterocycles. The summed E-state index contributed by atoms with van der Waals surface area (Å²) < 4.78 is 0. The van der Waals surface area contributed by atoms with Crippen LogP contribution in [0.2, 0.25) is 0 Å². The molecule has 1 aliphatic carbocycles. The lowest BCUT2D eigenvalue weighted by atomic mass is 9.77. The topological polar surface area (TPSA) is 32.3 Å². The van der Waals surface area contributed by atoms with Crippen molar-refractivity contribution in [3.05, 3.63) is 0 Å².